The summed E-state index contributed by atoms with van der Waals surface area (Å²) in [6, 6.07) is 0.134. The molecular formula is C22H21F4N3O4. The topological polar surface area (TPSA) is 103 Å². The van der Waals surface area contributed by atoms with Crippen molar-refractivity contribution >= 4 is 11.8 Å². The van der Waals surface area contributed by atoms with Crippen molar-refractivity contribution < 1.29 is 32.3 Å². The van der Waals surface area contributed by atoms with Crippen molar-refractivity contribution in [3.63, 3.8) is 0 Å². The molecule has 4 unspecified atom stereocenters. The summed E-state index contributed by atoms with van der Waals surface area (Å²) in [5, 5.41) is 12.4. The van der Waals surface area contributed by atoms with Gasteiger partial charge in [0.15, 0.2) is 11.4 Å². The minimum Gasteiger partial charge on any atom is -0.503 e. The maximum absolute atomic E-state index is 14.4. The van der Waals surface area contributed by atoms with Crippen LogP contribution in [0.4, 0.5) is 17.6 Å². The van der Waals surface area contributed by atoms with E-state index in [1.165, 1.54) is 4.90 Å². The van der Waals surface area contributed by atoms with Crippen molar-refractivity contribution in [1.29, 1.82) is 0 Å². The molecule has 1 saturated carbocycles. The lowest BCUT2D eigenvalue weighted by Gasteiger charge is -2.30. The number of amides is 2. The van der Waals surface area contributed by atoms with Crippen LogP contribution in [0.5, 0.6) is 5.75 Å². The second-order valence-electron chi connectivity index (χ2n) is 8.49. The molecule has 1 aliphatic heterocycles. The lowest BCUT2D eigenvalue weighted by molar-refractivity contribution is 0.0585. The number of nitrogens with one attached hydrogen (secondary N) is 2. The van der Waals surface area contributed by atoms with Gasteiger partial charge in [-0.15, -0.1) is 0 Å². The van der Waals surface area contributed by atoms with Crippen LogP contribution in [0, 0.1) is 29.3 Å². The molecule has 2 fully saturated rings. The molecule has 0 bridgehead atoms. The number of carbonyl (C=O) groups is 2. The highest BCUT2D eigenvalue weighted by Gasteiger charge is 2.47. The van der Waals surface area contributed by atoms with Crippen LogP contribution in [0.3, 0.4) is 0 Å². The number of alkyl halides is 1. The fourth-order valence-electron chi connectivity index (χ4n) is 4.19. The van der Waals surface area contributed by atoms with E-state index in [1.54, 1.807) is 6.92 Å². The number of H-pyrrole nitrogens is 1. The molecule has 2 aromatic rings. The second kappa shape index (κ2) is 8.53. The lowest BCUT2D eigenvalue weighted by Crippen LogP contribution is -2.44. The van der Waals surface area contributed by atoms with Gasteiger partial charge in [-0.05, 0) is 31.6 Å². The normalized spacial score (nSPS) is 24.1. The molecule has 1 aromatic carbocycles. The van der Waals surface area contributed by atoms with Crippen molar-refractivity contribution in [3.05, 3.63) is 62.8 Å². The first-order valence-corrected chi connectivity index (χ1v) is 10.4. The fraction of sp³-hybridized carbons (Fsp3) is 0.409. The number of carbonyl (C=O) groups excluding carboxylic acids is 2. The predicted molar refractivity (Wildman–Crippen MR) is 108 cm³/mol. The highest BCUT2D eigenvalue weighted by Crippen LogP contribution is 2.46. The molecule has 176 valence electrons. The van der Waals surface area contributed by atoms with E-state index in [0.29, 0.717) is 25.1 Å². The Labute approximate surface area is 185 Å². The number of aromatic nitrogens is 1. The number of aromatic hydroxyl groups is 1. The molecule has 4 rings (SSSR count). The molecule has 0 spiro atoms. The van der Waals surface area contributed by atoms with Crippen LogP contribution in [0.1, 0.15) is 46.2 Å². The number of nitrogens with zero attached hydrogens (tertiary/aromatic N) is 1. The first-order valence-electron chi connectivity index (χ1n) is 10.4. The summed E-state index contributed by atoms with van der Waals surface area (Å²) < 4.78 is 54.9. The average molecular weight is 467 g/mol. The highest BCUT2D eigenvalue weighted by molar-refractivity contribution is 5.98. The van der Waals surface area contributed by atoms with E-state index in [0.717, 1.165) is 12.6 Å². The van der Waals surface area contributed by atoms with Crippen molar-refractivity contribution in [3.8, 4) is 5.75 Å². The summed E-state index contributed by atoms with van der Waals surface area (Å²) in [5.74, 6) is -6.06. The Kier molecular flexibility index (Phi) is 5.89. The number of likely N-dealkylation sites (tertiary alicyclic amines) is 1. The van der Waals surface area contributed by atoms with Gasteiger partial charge >= 0.3 is 0 Å². The third kappa shape index (κ3) is 4.31. The quantitative estimate of drug-likeness (QED) is 0.602. The molecule has 2 heterocycles. The van der Waals surface area contributed by atoms with Crippen molar-refractivity contribution in [2.45, 2.75) is 38.5 Å². The van der Waals surface area contributed by atoms with Gasteiger partial charge in [0, 0.05) is 37.0 Å². The van der Waals surface area contributed by atoms with E-state index < -0.39 is 76.0 Å². The van der Waals surface area contributed by atoms with Crippen molar-refractivity contribution in [2.75, 3.05) is 6.54 Å². The van der Waals surface area contributed by atoms with Crippen LogP contribution in [0.15, 0.2) is 23.1 Å². The Hall–Kier alpha value is -3.37. The molecule has 3 N–H and O–H groups in total. The number of aromatic amines is 1. The van der Waals surface area contributed by atoms with Crippen LogP contribution >= 0.6 is 0 Å². The molecule has 11 heteroatoms. The molecule has 0 radical (unpaired) electrons. The van der Waals surface area contributed by atoms with Crippen molar-refractivity contribution in [2.24, 2.45) is 11.8 Å². The van der Waals surface area contributed by atoms with E-state index in [9.17, 15) is 37.1 Å². The Morgan fingerprint density at radius 3 is 2.52 bits per heavy atom. The van der Waals surface area contributed by atoms with E-state index in [-0.39, 0.29) is 11.8 Å². The third-order valence-corrected chi connectivity index (χ3v) is 6.35. The van der Waals surface area contributed by atoms with Crippen LogP contribution < -0.4 is 10.7 Å². The summed E-state index contributed by atoms with van der Waals surface area (Å²) >= 11 is 0. The molecule has 1 aromatic heterocycles. The van der Waals surface area contributed by atoms with E-state index in [4.69, 9.17) is 0 Å². The number of hydrogen-bond acceptors (Lipinski definition) is 4. The number of benzene rings is 1. The van der Waals surface area contributed by atoms with Gasteiger partial charge in [0.1, 0.15) is 29.2 Å². The molecule has 1 aliphatic carbocycles. The molecular weight excluding hydrogens is 446 g/mol. The fourth-order valence-corrected chi connectivity index (χ4v) is 4.19. The summed E-state index contributed by atoms with van der Waals surface area (Å²) in [5.41, 5.74) is -2.89. The minimum atomic E-state index is -1.24. The van der Waals surface area contributed by atoms with E-state index in [2.05, 4.69) is 10.3 Å². The largest absolute Gasteiger partial charge is 0.503 e. The van der Waals surface area contributed by atoms with Gasteiger partial charge in [0.2, 0.25) is 5.43 Å². The third-order valence-electron chi connectivity index (χ3n) is 6.35. The van der Waals surface area contributed by atoms with Gasteiger partial charge < -0.3 is 20.3 Å². The SMILES string of the molecule is CC1C(F)CC2CC2CN1C(=O)c1[nH]cc(C(=O)NCc2c(F)cc(F)cc2F)c(=O)c1O. The first-order chi connectivity index (χ1) is 15.6. The summed E-state index contributed by atoms with van der Waals surface area (Å²) in [4.78, 5) is 41.5. The first kappa shape index (κ1) is 22.8. The summed E-state index contributed by atoms with van der Waals surface area (Å²) in [6.45, 7) is 1.16. The van der Waals surface area contributed by atoms with Gasteiger partial charge in [-0.3, -0.25) is 14.4 Å². The molecule has 7 nitrogen and oxygen atoms in total. The van der Waals surface area contributed by atoms with Crippen molar-refractivity contribution in [1.82, 2.24) is 15.2 Å². The molecule has 4 atom stereocenters. The van der Waals surface area contributed by atoms with Gasteiger partial charge in [0.05, 0.1) is 6.04 Å². The standard InChI is InChI=1S/C22H21F4N3O4/c1-9-15(24)3-10-2-11(10)8-29(9)22(33)18-20(31)19(30)14(7-27-18)21(32)28-6-13-16(25)4-12(23)5-17(13)26/h4-5,7,9-11,15,31H,2-3,6,8H2,1H3,(H,27,30)(H,28,32). The number of hydrogen-bond donors (Lipinski definition) is 3. The number of pyridine rings is 1. The van der Waals surface area contributed by atoms with Crippen LogP contribution in [-0.2, 0) is 6.54 Å². The highest BCUT2D eigenvalue weighted by atomic mass is 19.1. The van der Waals surface area contributed by atoms with Crippen LogP contribution in [-0.4, -0.2) is 45.6 Å². The monoisotopic (exact) mass is 467 g/mol. The maximum atomic E-state index is 14.4. The second-order valence-corrected chi connectivity index (χ2v) is 8.49. The number of halogens is 4. The smallest absolute Gasteiger partial charge is 0.274 e. The lowest BCUT2D eigenvalue weighted by atomic mass is 10.1. The van der Waals surface area contributed by atoms with E-state index >= 15 is 0 Å². The molecule has 2 aliphatic rings. The predicted octanol–water partition coefficient (Wildman–Crippen LogP) is 2.64. The molecule has 1 saturated heterocycles. The Bertz CT molecular complexity index is 1160. The summed E-state index contributed by atoms with van der Waals surface area (Å²) in [6.07, 6.45) is 0.815. The zero-order valence-electron chi connectivity index (χ0n) is 17.5. The average Bonchev–Trinajstić information content (AvgIpc) is 3.50. The van der Waals surface area contributed by atoms with Crippen LogP contribution in [0.2, 0.25) is 0 Å². The zero-order chi connectivity index (χ0) is 24.0. The van der Waals surface area contributed by atoms with Crippen LogP contribution in [0.25, 0.3) is 0 Å². The summed E-state index contributed by atoms with van der Waals surface area (Å²) in [7, 11) is 0. The number of fused-ring (bicyclic) bond motifs is 1. The molecule has 33 heavy (non-hydrogen) atoms. The maximum Gasteiger partial charge on any atom is 0.274 e. The van der Waals surface area contributed by atoms with E-state index in [1.807, 2.05) is 0 Å². The Balaban J connectivity index is 1.53. The van der Waals surface area contributed by atoms with Gasteiger partial charge in [0.25, 0.3) is 11.8 Å². The minimum absolute atomic E-state index is 0.170. The molecule has 2 amide bonds. The zero-order valence-corrected chi connectivity index (χ0v) is 17.5. The van der Waals surface area contributed by atoms with Gasteiger partial charge in [-0.2, -0.15) is 0 Å². The van der Waals surface area contributed by atoms with Gasteiger partial charge in [-0.25, -0.2) is 17.6 Å². The Morgan fingerprint density at radius 2 is 1.85 bits per heavy atom. The van der Waals surface area contributed by atoms with Gasteiger partial charge in [-0.1, -0.05) is 0 Å². The Morgan fingerprint density at radius 1 is 1.18 bits per heavy atom. The number of rotatable bonds is 4.